The van der Waals surface area contributed by atoms with Gasteiger partial charge in [-0.3, -0.25) is 14.4 Å². The van der Waals surface area contributed by atoms with Gasteiger partial charge in [-0.15, -0.1) is 0 Å². The van der Waals surface area contributed by atoms with Gasteiger partial charge in [-0.2, -0.15) is 0 Å². The van der Waals surface area contributed by atoms with Crippen LogP contribution >= 0.6 is 0 Å². The van der Waals surface area contributed by atoms with E-state index in [1.165, 1.54) is 0 Å². The van der Waals surface area contributed by atoms with Crippen LogP contribution in [-0.2, 0) is 9.59 Å². The molecule has 3 aliphatic rings. The van der Waals surface area contributed by atoms with Gasteiger partial charge >= 0.3 is 0 Å². The number of likely N-dealkylation sites (tertiary alicyclic amines) is 1. The highest BCUT2D eigenvalue weighted by Crippen LogP contribution is 2.32. The lowest BCUT2D eigenvalue weighted by Gasteiger charge is -2.41. The fourth-order valence-corrected chi connectivity index (χ4v) is 5.18. The topological polar surface area (TPSA) is 76.2 Å². The minimum Gasteiger partial charge on any atom is -0.339 e. The first-order valence-corrected chi connectivity index (χ1v) is 11.5. The van der Waals surface area contributed by atoms with Gasteiger partial charge in [0.2, 0.25) is 11.8 Å². The number of fused-ring (bicyclic) bond motifs is 1. The fourth-order valence-electron chi connectivity index (χ4n) is 5.18. The normalized spacial score (nSPS) is 25.8. The Bertz CT molecular complexity index is 1020. The summed E-state index contributed by atoms with van der Waals surface area (Å²) in [4.78, 5) is 45.2. The number of piperazine rings is 1. The molecular weight excluding hydrogens is 418 g/mol. The van der Waals surface area contributed by atoms with Gasteiger partial charge in [-0.1, -0.05) is 36.4 Å². The second-order valence-electron chi connectivity index (χ2n) is 9.08. The molecule has 8 heteroatoms. The fraction of sp³-hybridized carbons (Fsp3) is 0.400. The first-order valence-electron chi connectivity index (χ1n) is 11.5. The summed E-state index contributed by atoms with van der Waals surface area (Å²) in [6.07, 6.45) is 0. The van der Waals surface area contributed by atoms with Gasteiger partial charge in [0.1, 0.15) is 0 Å². The van der Waals surface area contributed by atoms with Crippen molar-refractivity contribution >= 4 is 23.4 Å². The lowest BCUT2D eigenvalue weighted by Crippen LogP contribution is -2.59. The van der Waals surface area contributed by atoms with Gasteiger partial charge in [-0.05, 0) is 31.3 Å². The minimum absolute atomic E-state index is 0.00159. The summed E-state index contributed by atoms with van der Waals surface area (Å²) in [5, 5.41) is 1.60. The third-order valence-corrected chi connectivity index (χ3v) is 6.93. The molecule has 1 N–H and O–H groups in total. The number of nitrogens with zero attached hydrogens (tertiary/aromatic N) is 4. The molecule has 0 saturated carbocycles. The highest BCUT2D eigenvalue weighted by atomic mass is 16.2. The van der Waals surface area contributed by atoms with Crippen LogP contribution in [0, 0.1) is 11.8 Å². The zero-order chi connectivity index (χ0) is 22.9. The Hall–Kier alpha value is -3.23. The third kappa shape index (κ3) is 4.12. The van der Waals surface area contributed by atoms with Crippen LogP contribution in [0.4, 0.5) is 5.69 Å². The zero-order valence-electron chi connectivity index (χ0n) is 18.8. The van der Waals surface area contributed by atoms with Crippen molar-refractivity contribution in [2.45, 2.75) is 6.04 Å². The smallest absolute Gasteiger partial charge is 0.253 e. The highest BCUT2D eigenvalue weighted by Gasteiger charge is 2.51. The quantitative estimate of drug-likeness (QED) is 0.762. The van der Waals surface area contributed by atoms with Crippen LogP contribution in [0.25, 0.3) is 0 Å². The third-order valence-electron chi connectivity index (χ3n) is 6.93. The molecule has 3 atom stereocenters. The van der Waals surface area contributed by atoms with E-state index >= 15 is 0 Å². The lowest BCUT2D eigenvalue weighted by molar-refractivity contribution is -0.140. The summed E-state index contributed by atoms with van der Waals surface area (Å²) in [5.74, 6) is -0.518. The van der Waals surface area contributed by atoms with E-state index < -0.39 is 0 Å². The van der Waals surface area contributed by atoms with Gasteiger partial charge in [-0.25, -0.2) is 10.4 Å². The largest absolute Gasteiger partial charge is 0.339 e. The first kappa shape index (κ1) is 21.6. The molecular formula is C25H29N5O3. The second kappa shape index (κ2) is 8.96. The van der Waals surface area contributed by atoms with E-state index in [1.54, 1.807) is 5.01 Å². The molecule has 0 spiro atoms. The first-order chi connectivity index (χ1) is 16.0. The molecule has 33 heavy (non-hydrogen) atoms. The van der Waals surface area contributed by atoms with E-state index in [4.69, 9.17) is 0 Å². The minimum atomic E-state index is -0.317. The average Bonchev–Trinajstić information content (AvgIpc) is 3.20. The molecule has 3 amide bonds. The Morgan fingerprint density at radius 3 is 2.12 bits per heavy atom. The Labute approximate surface area is 193 Å². The van der Waals surface area contributed by atoms with Crippen molar-refractivity contribution in [2.75, 3.05) is 51.3 Å². The van der Waals surface area contributed by atoms with E-state index in [2.05, 4.69) is 10.3 Å². The van der Waals surface area contributed by atoms with E-state index in [0.717, 1.165) is 5.69 Å². The molecule has 172 valence electrons. The molecule has 3 heterocycles. The average molecular weight is 448 g/mol. The molecule has 2 aromatic carbocycles. The summed E-state index contributed by atoms with van der Waals surface area (Å²) in [6, 6.07) is 18.5. The van der Waals surface area contributed by atoms with Gasteiger partial charge < -0.3 is 14.7 Å². The van der Waals surface area contributed by atoms with Crippen LogP contribution in [-0.4, -0.2) is 84.8 Å². The number of benzene rings is 2. The van der Waals surface area contributed by atoms with Gasteiger partial charge in [0.25, 0.3) is 5.91 Å². The number of rotatable bonds is 3. The molecule has 0 aliphatic carbocycles. The number of hydrogen-bond acceptors (Lipinski definition) is 5. The number of piperidine rings is 1. The Balaban J connectivity index is 1.27. The number of para-hydroxylation sites is 1. The van der Waals surface area contributed by atoms with Gasteiger partial charge in [0.15, 0.2) is 0 Å². The van der Waals surface area contributed by atoms with Crippen molar-refractivity contribution in [2.24, 2.45) is 11.8 Å². The maximum atomic E-state index is 13.6. The maximum Gasteiger partial charge on any atom is 0.253 e. The predicted octanol–water partition coefficient (Wildman–Crippen LogP) is 1.07. The van der Waals surface area contributed by atoms with Crippen LogP contribution in [0.2, 0.25) is 0 Å². The molecule has 3 saturated heterocycles. The Morgan fingerprint density at radius 2 is 1.45 bits per heavy atom. The van der Waals surface area contributed by atoms with Crippen molar-refractivity contribution in [3.8, 4) is 0 Å². The van der Waals surface area contributed by atoms with Crippen molar-refractivity contribution in [3.05, 3.63) is 66.2 Å². The second-order valence-corrected chi connectivity index (χ2v) is 9.08. The number of hydrazine groups is 1. The number of carbonyl (C=O) groups is 3. The van der Waals surface area contributed by atoms with Crippen LogP contribution in [0.15, 0.2) is 60.7 Å². The van der Waals surface area contributed by atoms with Gasteiger partial charge in [0.05, 0.1) is 23.6 Å². The monoisotopic (exact) mass is 447 g/mol. The molecule has 5 rings (SSSR count). The molecule has 8 nitrogen and oxygen atoms in total. The molecule has 3 unspecified atom stereocenters. The number of nitrogens with one attached hydrogen (secondary N) is 1. The summed E-state index contributed by atoms with van der Waals surface area (Å²) in [7, 11) is 1.96. The van der Waals surface area contributed by atoms with E-state index in [0.29, 0.717) is 44.8 Å². The molecule has 3 aliphatic heterocycles. The summed E-state index contributed by atoms with van der Waals surface area (Å²) in [5.41, 5.74) is 4.80. The maximum absolute atomic E-state index is 13.6. The summed E-state index contributed by atoms with van der Waals surface area (Å²) < 4.78 is 0. The summed E-state index contributed by atoms with van der Waals surface area (Å²) >= 11 is 0. The van der Waals surface area contributed by atoms with Crippen LogP contribution in [0.3, 0.4) is 0 Å². The summed E-state index contributed by atoms with van der Waals surface area (Å²) in [6.45, 7) is 3.27. The molecule has 3 fully saturated rings. The number of amides is 3. The predicted molar refractivity (Wildman–Crippen MR) is 124 cm³/mol. The number of anilines is 1. The van der Waals surface area contributed by atoms with Crippen molar-refractivity contribution in [3.63, 3.8) is 0 Å². The standard InChI is InChI=1S/C25H29N5O3/c1-27-16-20(22-21(17-27)25(33)30(26-22)19-10-6-3-7-11-19)24(32)29-14-12-28(13-15-29)23(31)18-8-4-2-5-9-18/h2-11,20-22,26H,12-17H2,1H3. The zero-order valence-corrected chi connectivity index (χ0v) is 18.8. The van der Waals surface area contributed by atoms with Crippen molar-refractivity contribution < 1.29 is 14.4 Å². The van der Waals surface area contributed by atoms with Crippen molar-refractivity contribution in [1.82, 2.24) is 20.1 Å². The number of carbonyl (C=O) groups excluding carboxylic acids is 3. The van der Waals surface area contributed by atoms with Crippen LogP contribution < -0.4 is 10.4 Å². The van der Waals surface area contributed by atoms with Crippen LogP contribution in [0.5, 0.6) is 0 Å². The Kier molecular flexibility index (Phi) is 5.86. The van der Waals surface area contributed by atoms with E-state index in [1.807, 2.05) is 77.5 Å². The highest BCUT2D eigenvalue weighted by molar-refractivity contribution is 5.98. The van der Waals surface area contributed by atoms with Crippen LogP contribution in [0.1, 0.15) is 10.4 Å². The van der Waals surface area contributed by atoms with Gasteiger partial charge in [0, 0.05) is 44.8 Å². The molecule has 0 aromatic heterocycles. The van der Waals surface area contributed by atoms with E-state index in [9.17, 15) is 14.4 Å². The SMILES string of the molecule is CN1CC(C(=O)N2CCN(C(=O)c3ccccc3)CC2)C2NN(c3ccccc3)C(=O)C2C1. The lowest BCUT2D eigenvalue weighted by atomic mass is 9.84. The van der Waals surface area contributed by atoms with E-state index in [-0.39, 0.29) is 35.6 Å². The molecule has 0 bridgehead atoms. The molecule has 2 aromatic rings. The molecule has 0 radical (unpaired) electrons. The van der Waals surface area contributed by atoms with Crippen molar-refractivity contribution in [1.29, 1.82) is 0 Å². The number of hydrogen-bond donors (Lipinski definition) is 1. The Morgan fingerprint density at radius 1 is 0.848 bits per heavy atom.